The van der Waals surface area contributed by atoms with Crippen LogP contribution in [-0.4, -0.2) is 35.9 Å². The molecule has 1 N–H and O–H groups in total. The first-order valence-electron chi connectivity index (χ1n) is 12.3. The second-order valence-electron chi connectivity index (χ2n) is 9.72. The standard InChI is InChI=1S/C31H33NO5/c1-18(2)21-11-13-22(14-12-21)27-26(28(33)24-16-19(3)15-20(4)30(24)37-6)29(34)31(35)32(27)17-23-9-7-8-10-25(23)36-5/h7-16,18,27,33H,17H2,1-6H3/b28-26+. The Morgan fingerprint density at radius 2 is 1.65 bits per heavy atom. The van der Waals surface area contributed by atoms with Gasteiger partial charge in [0.2, 0.25) is 0 Å². The maximum atomic E-state index is 13.5. The highest BCUT2D eigenvalue weighted by Gasteiger charge is 2.46. The molecule has 1 amide bonds. The number of methoxy groups -OCH3 is 2. The summed E-state index contributed by atoms with van der Waals surface area (Å²) in [6.07, 6.45) is 0. The maximum Gasteiger partial charge on any atom is 0.295 e. The maximum absolute atomic E-state index is 13.5. The smallest absolute Gasteiger partial charge is 0.295 e. The highest BCUT2D eigenvalue weighted by atomic mass is 16.5. The van der Waals surface area contributed by atoms with Crippen molar-refractivity contribution in [3.05, 3.63) is 99.6 Å². The van der Waals surface area contributed by atoms with Crippen LogP contribution in [0.15, 0.2) is 66.2 Å². The van der Waals surface area contributed by atoms with Crippen LogP contribution < -0.4 is 9.47 Å². The normalized spacial score (nSPS) is 16.9. The number of benzene rings is 3. The molecule has 6 nitrogen and oxygen atoms in total. The topological polar surface area (TPSA) is 76.1 Å². The summed E-state index contributed by atoms with van der Waals surface area (Å²) < 4.78 is 11.1. The molecular weight excluding hydrogens is 466 g/mol. The Hall–Kier alpha value is -4.06. The Labute approximate surface area is 218 Å². The molecule has 37 heavy (non-hydrogen) atoms. The Morgan fingerprint density at radius 1 is 0.973 bits per heavy atom. The number of para-hydroxylation sites is 1. The molecule has 0 bridgehead atoms. The molecule has 0 aromatic heterocycles. The van der Waals surface area contributed by atoms with Crippen LogP contribution >= 0.6 is 0 Å². The summed E-state index contributed by atoms with van der Waals surface area (Å²) in [6, 6.07) is 18.2. The average molecular weight is 500 g/mol. The van der Waals surface area contributed by atoms with Crippen molar-refractivity contribution in [2.24, 2.45) is 0 Å². The van der Waals surface area contributed by atoms with E-state index in [0.29, 0.717) is 23.0 Å². The van der Waals surface area contributed by atoms with Crippen molar-refractivity contribution in [3.8, 4) is 11.5 Å². The summed E-state index contributed by atoms with van der Waals surface area (Å²) in [4.78, 5) is 28.5. The molecule has 192 valence electrons. The van der Waals surface area contributed by atoms with Gasteiger partial charge in [0.05, 0.1) is 37.9 Å². The van der Waals surface area contributed by atoms with Gasteiger partial charge in [-0.25, -0.2) is 0 Å². The van der Waals surface area contributed by atoms with E-state index in [1.165, 1.54) is 12.0 Å². The number of amides is 1. The van der Waals surface area contributed by atoms with Gasteiger partial charge in [-0.3, -0.25) is 9.59 Å². The molecule has 1 unspecified atom stereocenters. The van der Waals surface area contributed by atoms with Gasteiger partial charge in [-0.05, 0) is 54.2 Å². The first kappa shape index (κ1) is 26.0. The number of Topliss-reactive ketones (excluding diaryl/α,β-unsaturated/α-hetero) is 1. The molecule has 1 heterocycles. The molecule has 0 saturated carbocycles. The van der Waals surface area contributed by atoms with E-state index in [0.717, 1.165) is 27.8 Å². The van der Waals surface area contributed by atoms with Gasteiger partial charge in [0.25, 0.3) is 11.7 Å². The lowest BCUT2D eigenvalue weighted by atomic mass is 9.92. The highest BCUT2D eigenvalue weighted by Crippen LogP contribution is 2.43. The zero-order chi connectivity index (χ0) is 26.9. The molecular formula is C31H33NO5. The molecule has 1 aliphatic rings. The first-order valence-corrected chi connectivity index (χ1v) is 12.3. The molecule has 4 rings (SSSR count). The molecule has 1 fully saturated rings. The number of aryl methyl sites for hydroxylation is 2. The van der Waals surface area contributed by atoms with Gasteiger partial charge >= 0.3 is 0 Å². The first-order chi connectivity index (χ1) is 17.7. The molecule has 1 atom stereocenters. The van der Waals surface area contributed by atoms with Crippen LogP contribution in [0.4, 0.5) is 0 Å². The number of carbonyl (C=O) groups is 2. The van der Waals surface area contributed by atoms with E-state index >= 15 is 0 Å². The lowest BCUT2D eigenvalue weighted by Crippen LogP contribution is -2.29. The van der Waals surface area contributed by atoms with Crippen LogP contribution in [0.25, 0.3) is 5.76 Å². The Morgan fingerprint density at radius 3 is 2.27 bits per heavy atom. The Balaban J connectivity index is 1.93. The molecule has 0 radical (unpaired) electrons. The molecule has 3 aromatic rings. The zero-order valence-corrected chi connectivity index (χ0v) is 22.2. The third-order valence-electron chi connectivity index (χ3n) is 6.87. The van der Waals surface area contributed by atoms with Crippen molar-refractivity contribution in [3.63, 3.8) is 0 Å². The molecule has 0 spiro atoms. The fourth-order valence-corrected chi connectivity index (χ4v) is 5.02. The molecule has 1 saturated heterocycles. The largest absolute Gasteiger partial charge is 0.507 e. The van der Waals surface area contributed by atoms with Crippen molar-refractivity contribution in [1.82, 2.24) is 4.90 Å². The number of ketones is 1. The predicted octanol–water partition coefficient (Wildman–Crippen LogP) is 6.07. The highest BCUT2D eigenvalue weighted by molar-refractivity contribution is 6.46. The van der Waals surface area contributed by atoms with Crippen LogP contribution in [-0.2, 0) is 16.1 Å². The summed E-state index contributed by atoms with van der Waals surface area (Å²) in [6.45, 7) is 8.15. The Kier molecular flexibility index (Phi) is 7.39. The van der Waals surface area contributed by atoms with E-state index in [4.69, 9.17) is 9.47 Å². The summed E-state index contributed by atoms with van der Waals surface area (Å²) in [7, 11) is 3.10. The lowest BCUT2D eigenvalue weighted by Gasteiger charge is -2.26. The quantitative estimate of drug-likeness (QED) is 0.243. The van der Waals surface area contributed by atoms with Gasteiger partial charge in [0.15, 0.2) is 0 Å². The fraction of sp³-hybridized carbons (Fsp3) is 0.290. The number of ether oxygens (including phenoxy) is 2. The van der Waals surface area contributed by atoms with E-state index in [9.17, 15) is 14.7 Å². The van der Waals surface area contributed by atoms with Crippen LogP contribution in [0.1, 0.15) is 59.2 Å². The fourth-order valence-electron chi connectivity index (χ4n) is 5.02. The summed E-state index contributed by atoms with van der Waals surface area (Å²) >= 11 is 0. The minimum atomic E-state index is -0.781. The number of aliphatic hydroxyl groups is 1. The minimum absolute atomic E-state index is 0.0421. The Bertz CT molecular complexity index is 1370. The van der Waals surface area contributed by atoms with E-state index in [1.54, 1.807) is 13.2 Å². The van der Waals surface area contributed by atoms with Gasteiger partial charge in [-0.2, -0.15) is 0 Å². The minimum Gasteiger partial charge on any atom is -0.507 e. The van der Waals surface area contributed by atoms with Gasteiger partial charge in [0.1, 0.15) is 17.3 Å². The third-order valence-corrected chi connectivity index (χ3v) is 6.87. The number of hydrogen-bond acceptors (Lipinski definition) is 5. The van der Waals surface area contributed by atoms with Crippen LogP contribution in [0.2, 0.25) is 0 Å². The second-order valence-corrected chi connectivity index (χ2v) is 9.72. The van der Waals surface area contributed by atoms with E-state index in [2.05, 4.69) is 13.8 Å². The third kappa shape index (κ3) is 4.84. The number of likely N-dealkylation sites (tertiary alicyclic amines) is 1. The molecule has 6 heteroatoms. The van der Waals surface area contributed by atoms with E-state index in [1.807, 2.05) is 68.4 Å². The van der Waals surface area contributed by atoms with Crippen LogP contribution in [0.5, 0.6) is 11.5 Å². The zero-order valence-electron chi connectivity index (χ0n) is 22.2. The van der Waals surface area contributed by atoms with Crippen molar-refractivity contribution >= 4 is 17.4 Å². The summed E-state index contributed by atoms with van der Waals surface area (Å²) in [5.74, 6) is -0.238. The lowest BCUT2D eigenvalue weighted by molar-refractivity contribution is -0.140. The van der Waals surface area contributed by atoms with Crippen molar-refractivity contribution in [1.29, 1.82) is 0 Å². The SMILES string of the molecule is COc1ccccc1CN1C(=O)C(=O)/C(=C(/O)c2cc(C)cc(C)c2OC)C1c1ccc(C(C)C)cc1. The number of rotatable bonds is 7. The van der Waals surface area contributed by atoms with E-state index < -0.39 is 17.7 Å². The van der Waals surface area contributed by atoms with Gasteiger partial charge in [-0.1, -0.05) is 62.4 Å². The van der Waals surface area contributed by atoms with Crippen molar-refractivity contribution in [2.45, 2.75) is 46.2 Å². The summed E-state index contributed by atoms with van der Waals surface area (Å²) in [5.41, 5.74) is 4.80. The monoisotopic (exact) mass is 499 g/mol. The number of hydrogen-bond donors (Lipinski definition) is 1. The van der Waals surface area contributed by atoms with E-state index in [-0.39, 0.29) is 17.9 Å². The van der Waals surface area contributed by atoms with Gasteiger partial charge in [0, 0.05) is 5.56 Å². The number of nitrogens with zero attached hydrogens (tertiary/aromatic N) is 1. The van der Waals surface area contributed by atoms with Gasteiger partial charge in [-0.15, -0.1) is 0 Å². The van der Waals surface area contributed by atoms with Crippen LogP contribution in [0.3, 0.4) is 0 Å². The predicted molar refractivity (Wildman–Crippen MR) is 144 cm³/mol. The second kappa shape index (κ2) is 10.5. The number of aliphatic hydroxyl groups excluding tert-OH is 1. The molecule has 0 aliphatic carbocycles. The summed E-state index contributed by atoms with van der Waals surface area (Å²) in [5, 5.41) is 11.6. The van der Waals surface area contributed by atoms with Crippen molar-refractivity contribution < 1.29 is 24.2 Å². The average Bonchev–Trinajstić information content (AvgIpc) is 3.13. The molecule has 1 aliphatic heterocycles. The van der Waals surface area contributed by atoms with Gasteiger partial charge < -0.3 is 19.5 Å². The van der Waals surface area contributed by atoms with Crippen molar-refractivity contribution in [2.75, 3.05) is 14.2 Å². The molecule has 3 aromatic carbocycles. The van der Waals surface area contributed by atoms with Crippen LogP contribution in [0, 0.1) is 13.8 Å². The number of carbonyl (C=O) groups excluding carboxylic acids is 2.